The molecule has 0 saturated heterocycles. The van der Waals surface area contributed by atoms with Crippen LogP contribution in [-0.4, -0.2) is 15.3 Å². The average Bonchev–Trinajstić information content (AvgIpc) is 3.01. The third-order valence-electron chi connectivity index (χ3n) is 3.58. The minimum atomic E-state index is -4.39. The third-order valence-corrected chi connectivity index (χ3v) is 4.44. The average molecular weight is 378 g/mol. The Balaban J connectivity index is 1.68. The zero-order valence-electron chi connectivity index (χ0n) is 13.2. The second-order valence-electron chi connectivity index (χ2n) is 5.37. The van der Waals surface area contributed by atoms with Gasteiger partial charge in [0.05, 0.1) is 16.9 Å². The van der Waals surface area contributed by atoms with E-state index < -0.39 is 17.6 Å². The molecule has 0 aliphatic rings. The molecule has 1 amide bonds. The first kappa shape index (κ1) is 17.9. The molecule has 26 heavy (non-hydrogen) atoms. The Morgan fingerprint density at radius 2 is 1.88 bits per heavy atom. The topological polar surface area (TPSA) is 80.9 Å². The standard InChI is InChI=1S/C17H13F3N4OS/c18-17(19,20)11-6-4-10(5-7-11)9-23-16(25)15-13(21)14(24-26-15)12-3-1-2-8-22-12/h1-8H,9,21H2,(H,23,25). The first-order valence-corrected chi connectivity index (χ1v) is 8.24. The molecule has 9 heteroatoms. The molecule has 3 aromatic rings. The lowest BCUT2D eigenvalue weighted by atomic mass is 10.1. The number of anilines is 1. The minimum Gasteiger partial charge on any atom is -0.396 e. The van der Waals surface area contributed by atoms with Gasteiger partial charge in [0.25, 0.3) is 5.91 Å². The highest BCUT2D eigenvalue weighted by molar-refractivity contribution is 7.09. The SMILES string of the molecule is Nc1c(-c2ccccn2)nsc1C(=O)NCc1ccc(C(F)(F)F)cc1. The Kier molecular flexibility index (Phi) is 4.90. The van der Waals surface area contributed by atoms with Crippen LogP contribution < -0.4 is 11.1 Å². The maximum absolute atomic E-state index is 12.5. The second-order valence-corrected chi connectivity index (χ2v) is 6.14. The number of benzene rings is 1. The van der Waals surface area contributed by atoms with E-state index in [4.69, 9.17) is 5.73 Å². The third kappa shape index (κ3) is 3.83. The summed E-state index contributed by atoms with van der Waals surface area (Å²) in [5.41, 5.74) is 7.00. The molecule has 0 radical (unpaired) electrons. The van der Waals surface area contributed by atoms with Crippen molar-refractivity contribution in [1.29, 1.82) is 0 Å². The van der Waals surface area contributed by atoms with Crippen LogP contribution in [0.5, 0.6) is 0 Å². The predicted molar refractivity (Wildman–Crippen MR) is 92.4 cm³/mol. The van der Waals surface area contributed by atoms with E-state index in [2.05, 4.69) is 14.7 Å². The predicted octanol–water partition coefficient (Wildman–Crippen LogP) is 3.74. The van der Waals surface area contributed by atoms with Crippen molar-refractivity contribution in [3.63, 3.8) is 0 Å². The van der Waals surface area contributed by atoms with E-state index in [0.29, 0.717) is 17.0 Å². The van der Waals surface area contributed by atoms with Crippen LogP contribution in [0.15, 0.2) is 48.7 Å². The molecule has 3 N–H and O–H groups in total. The highest BCUT2D eigenvalue weighted by Crippen LogP contribution is 2.30. The fraction of sp³-hybridized carbons (Fsp3) is 0.118. The molecule has 0 unspecified atom stereocenters. The molecule has 1 aromatic carbocycles. The van der Waals surface area contributed by atoms with Crippen molar-refractivity contribution in [2.45, 2.75) is 12.7 Å². The van der Waals surface area contributed by atoms with E-state index in [1.54, 1.807) is 24.4 Å². The fourth-order valence-electron chi connectivity index (χ4n) is 2.22. The molecule has 0 aliphatic carbocycles. The second kappa shape index (κ2) is 7.12. The van der Waals surface area contributed by atoms with Gasteiger partial charge in [0, 0.05) is 12.7 Å². The zero-order valence-corrected chi connectivity index (χ0v) is 14.1. The van der Waals surface area contributed by atoms with Crippen molar-refractivity contribution in [3.8, 4) is 11.4 Å². The molecule has 0 atom stereocenters. The molecule has 2 aromatic heterocycles. The molecule has 0 saturated carbocycles. The van der Waals surface area contributed by atoms with E-state index in [0.717, 1.165) is 23.7 Å². The number of nitrogens with one attached hydrogen (secondary N) is 1. The van der Waals surface area contributed by atoms with Gasteiger partial charge >= 0.3 is 6.18 Å². The normalized spacial score (nSPS) is 11.3. The van der Waals surface area contributed by atoms with Gasteiger partial charge in [0.2, 0.25) is 0 Å². The highest BCUT2D eigenvalue weighted by Gasteiger charge is 2.29. The van der Waals surface area contributed by atoms with E-state index in [-0.39, 0.29) is 17.1 Å². The van der Waals surface area contributed by atoms with Crippen LogP contribution in [-0.2, 0) is 12.7 Å². The lowest BCUT2D eigenvalue weighted by Gasteiger charge is -2.08. The van der Waals surface area contributed by atoms with Crippen molar-refractivity contribution < 1.29 is 18.0 Å². The largest absolute Gasteiger partial charge is 0.416 e. The summed E-state index contributed by atoms with van der Waals surface area (Å²) in [6, 6.07) is 9.85. The maximum Gasteiger partial charge on any atom is 0.416 e. The number of pyridine rings is 1. The first-order valence-electron chi connectivity index (χ1n) is 7.47. The number of halogens is 3. The zero-order chi connectivity index (χ0) is 18.7. The van der Waals surface area contributed by atoms with Gasteiger partial charge in [-0.25, -0.2) is 0 Å². The first-order chi connectivity index (χ1) is 12.4. The maximum atomic E-state index is 12.5. The number of aromatic nitrogens is 2. The number of nitrogens with zero attached hydrogens (tertiary/aromatic N) is 2. The van der Waals surface area contributed by atoms with Gasteiger partial charge in [0.15, 0.2) is 0 Å². The lowest BCUT2D eigenvalue weighted by molar-refractivity contribution is -0.137. The van der Waals surface area contributed by atoms with E-state index in [1.165, 1.54) is 12.1 Å². The summed E-state index contributed by atoms with van der Waals surface area (Å²) in [4.78, 5) is 16.7. The number of carbonyl (C=O) groups excluding carboxylic acids is 1. The molecular formula is C17H13F3N4OS. The quantitative estimate of drug-likeness (QED) is 0.725. The van der Waals surface area contributed by atoms with Crippen LogP contribution in [0.25, 0.3) is 11.4 Å². The van der Waals surface area contributed by atoms with Crippen molar-refractivity contribution in [1.82, 2.24) is 14.7 Å². The molecule has 0 spiro atoms. The van der Waals surface area contributed by atoms with Crippen LogP contribution in [0.4, 0.5) is 18.9 Å². The van der Waals surface area contributed by atoms with Crippen molar-refractivity contribution in [2.75, 3.05) is 5.73 Å². The Hall–Kier alpha value is -2.94. The van der Waals surface area contributed by atoms with Gasteiger partial charge in [-0.2, -0.15) is 17.5 Å². The number of rotatable bonds is 4. The number of carbonyl (C=O) groups is 1. The van der Waals surface area contributed by atoms with Gasteiger partial charge in [-0.15, -0.1) is 0 Å². The Bertz CT molecular complexity index is 908. The monoisotopic (exact) mass is 378 g/mol. The molecule has 0 fully saturated rings. The van der Waals surface area contributed by atoms with Gasteiger partial charge < -0.3 is 11.1 Å². The molecule has 0 aliphatic heterocycles. The van der Waals surface area contributed by atoms with Gasteiger partial charge in [0.1, 0.15) is 10.6 Å². The number of amides is 1. The lowest BCUT2D eigenvalue weighted by Crippen LogP contribution is -2.22. The van der Waals surface area contributed by atoms with Crippen LogP contribution >= 0.6 is 11.5 Å². The number of alkyl halides is 3. The fourth-order valence-corrected chi connectivity index (χ4v) is 2.95. The van der Waals surface area contributed by atoms with Crippen LogP contribution in [0.3, 0.4) is 0 Å². The Morgan fingerprint density at radius 3 is 2.50 bits per heavy atom. The number of nitrogen functional groups attached to an aromatic ring is 1. The summed E-state index contributed by atoms with van der Waals surface area (Å²) in [5, 5.41) is 2.63. The van der Waals surface area contributed by atoms with Gasteiger partial charge in [-0.05, 0) is 41.4 Å². The van der Waals surface area contributed by atoms with Crippen LogP contribution in [0, 0.1) is 0 Å². The summed E-state index contributed by atoms with van der Waals surface area (Å²) >= 11 is 0.944. The summed E-state index contributed by atoms with van der Waals surface area (Å²) in [7, 11) is 0. The van der Waals surface area contributed by atoms with E-state index in [1.807, 2.05) is 0 Å². The highest BCUT2D eigenvalue weighted by atomic mass is 32.1. The minimum absolute atomic E-state index is 0.0766. The Labute approximate surface area is 150 Å². The molecule has 2 heterocycles. The molecule has 134 valence electrons. The summed E-state index contributed by atoms with van der Waals surface area (Å²) < 4.78 is 41.8. The summed E-state index contributed by atoms with van der Waals surface area (Å²) in [6.45, 7) is 0.0766. The van der Waals surface area contributed by atoms with Gasteiger partial charge in [-0.1, -0.05) is 18.2 Å². The molecule has 3 rings (SSSR count). The van der Waals surface area contributed by atoms with E-state index in [9.17, 15) is 18.0 Å². The van der Waals surface area contributed by atoms with Crippen molar-refractivity contribution in [2.24, 2.45) is 0 Å². The van der Waals surface area contributed by atoms with Crippen molar-refractivity contribution >= 4 is 23.1 Å². The van der Waals surface area contributed by atoms with Gasteiger partial charge in [-0.3, -0.25) is 9.78 Å². The van der Waals surface area contributed by atoms with E-state index >= 15 is 0 Å². The molecule has 5 nitrogen and oxygen atoms in total. The Morgan fingerprint density at radius 1 is 1.15 bits per heavy atom. The summed E-state index contributed by atoms with van der Waals surface area (Å²) in [5.74, 6) is -0.443. The number of hydrogen-bond acceptors (Lipinski definition) is 5. The van der Waals surface area contributed by atoms with Crippen LogP contribution in [0.1, 0.15) is 20.8 Å². The summed E-state index contributed by atoms with van der Waals surface area (Å²) in [6.07, 6.45) is -2.79. The number of hydrogen-bond donors (Lipinski definition) is 2. The van der Waals surface area contributed by atoms with Crippen LogP contribution in [0.2, 0.25) is 0 Å². The smallest absolute Gasteiger partial charge is 0.396 e. The number of nitrogens with two attached hydrogens (primary N) is 1. The van der Waals surface area contributed by atoms with Crippen molar-refractivity contribution in [3.05, 3.63) is 64.7 Å². The molecule has 0 bridgehead atoms. The molecular weight excluding hydrogens is 365 g/mol.